The van der Waals surface area contributed by atoms with Gasteiger partial charge in [0, 0.05) is 16.6 Å². The van der Waals surface area contributed by atoms with Gasteiger partial charge in [-0.25, -0.2) is 8.42 Å². The van der Waals surface area contributed by atoms with Crippen LogP contribution in [0, 0.1) is 18.8 Å². The standard InChI is InChI=1S/C28H29ClN2O3S/c1-19-7-14-24(29)17-27(19)31(35(33,34)25-5-3-2-4-6-25)18-20-8-11-22(12-9-20)28(32)30-26-16-21-10-13-23(26)15-21/h2-9,11-12,14,17,21,23,26H,10,13,15-16,18H2,1H3,(H,30,32)/t21-,23+,26-/m1/s1. The van der Waals surface area contributed by atoms with Crippen LogP contribution >= 0.6 is 11.6 Å². The molecule has 35 heavy (non-hydrogen) atoms. The van der Waals surface area contributed by atoms with Crippen LogP contribution in [0.5, 0.6) is 0 Å². The summed E-state index contributed by atoms with van der Waals surface area (Å²) >= 11 is 6.24. The zero-order chi connectivity index (χ0) is 24.6. The van der Waals surface area contributed by atoms with E-state index in [4.69, 9.17) is 11.6 Å². The number of sulfonamides is 1. The second-order valence-corrected chi connectivity index (χ2v) is 12.0. The molecular weight excluding hydrogens is 480 g/mol. The highest BCUT2D eigenvalue weighted by Crippen LogP contribution is 2.44. The maximum absolute atomic E-state index is 13.7. The van der Waals surface area contributed by atoms with E-state index >= 15 is 0 Å². The molecular formula is C28H29ClN2O3S. The van der Waals surface area contributed by atoms with Crippen LogP contribution in [0.2, 0.25) is 5.02 Å². The SMILES string of the molecule is Cc1ccc(Cl)cc1N(Cc1ccc(C(=O)N[C@@H]2C[C@@H]3CC[C@H]2C3)cc1)S(=O)(=O)c1ccccc1. The minimum Gasteiger partial charge on any atom is -0.349 e. The molecule has 3 aromatic carbocycles. The number of nitrogens with zero attached hydrogens (tertiary/aromatic N) is 1. The molecule has 3 atom stereocenters. The molecule has 1 N–H and O–H groups in total. The minimum atomic E-state index is -3.84. The Morgan fingerprint density at radius 2 is 1.74 bits per heavy atom. The van der Waals surface area contributed by atoms with Gasteiger partial charge in [0.05, 0.1) is 17.1 Å². The van der Waals surface area contributed by atoms with Gasteiger partial charge >= 0.3 is 0 Å². The number of hydrogen-bond acceptors (Lipinski definition) is 3. The predicted octanol–water partition coefficient (Wildman–Crippen LogP) is 5.96. The van der Waals surface area contributed by atoms with Gasteiger partial charge in [-0.2, -0.15) is 0 Å². The van der Waals surface area contributed by atoms with Crippen LogP contribution in [0.15, 0.2) is 77.7 Å². The van der Waals surface area contributed by atoms with E-state index in [1.54, 1.807) is 54.6 Å². The molecule has 5 nitrogen and oxygen atoms in total. The van der Waals surface area contributed by atoms with E-state index in [0.29, 0.717) is 22.2 Å². The van der Waals surface area contributed by atoms with Gasteiger partial charge in [-0.05, 0) is 85.5 Å². The first-order valence-corrected chi connectivity index (χ1v) is 13.9. The van der Waals surface area contributed by atoms with Crippen molar-refractivity contribution in [3.8, 4) is 0 Å². The summed E-state index contributed by atoms with van der Waals surface area (Å²) in [6.45, 7) is 1.98. The Morgan fingerprint density at radius 3 is 2.40 bits per heavy atom. The summed E-state index contributed by atoms with van der Waals surface area (Å²) in [6, 6.07) is 21.1. The Balaban J connectivity index is 1.39. The monoisotopic (exact) mass is 508 g/mol. The lowest BCUT2D eigenvalue weighted by molar-refractivity contribution is 0.0923. The van der Waals surface area contributed by atoms with Gasteiger partial charge < -0.3 is 5.32 Å². The van der Waals surface area contributed by atoms with Gasteiger partial charge in [0.1, 0.15) is 0 Å². The molecule has 0 spiro atoms. The van der Waals surface area contributed by atoms with Crippen LogP contribution in [-0.2, 0) is 16.6 Å². The van der Waals surface area contributed by atoms with Crippen LogP contribution in [-0.4, -0.2) is 20.4 Å². The van der Waals surface area contributed by atoms with Gasteiger partial charge in [-0.15, -0.1) is 0 Å². The van der Waals surface area contributed by atoms with Crippen molar-refractivity contribution in [3.05, 3.63) is 94.5 Å². The molecule has 0 aliphatic heterocycles. The highest BCUT2D eigenvalue weighted by molar-refractivity contribution is 7.92. The van der Waals surface area contributed by atoms with Crippen LogP contribution < -0.4 is 9.62 Å². The van der Waals surface area contributed by atoms with Crippen molar-refractivity contribution in [2.45, 2.75) is 50.1 Å². The Hall–Kier alpha value is -2.83. The zero-order valence-electron chi connectivity index (χ0n) is 19.7. The van der Waals surface area contributed by atoms with E-state index < -0.39 is 10.0 Å². The van der Waals surface area contributed by atoms with Gasteiger partial charge in [0.2, 0.25) is 0 Å². The second kappa shape index (κ2) is 9.67. The molecule has 182 valence electrons. The molecule has 2 bridgehead atoms. The number of benzene rings is 3. The van der Waals surface area contributed by atoms with E-state index in [1.807, 2.05) is 25.1 Å². The zero-order valence-corrected chi connectivity index (χ0v) is 21.2. The molecule has 3 aromatic rings. The van der Waals surface area contributed by atoms with E-state index in [2.05, 4.69) is 5.32 Å². The molecule has 7 heteroatoms. The lowest BCUT2D eigenvalue weighted by Gasteiger charge is -2.26. The van der Waals surface area contributed by atoms with Gasteiger partial charge in [-0.3, -0.25) is 9.10 Å². The number of nitrogens with one attached hydrogen (secondary N) is 1. The second-order valence-electron chi connectivity index (χ2n) is 9.71. The lowest BCUT2D eigenvalue weighted by atomic mass is 9.95. The average Bonchev–Trinajstić information content (AvgIpc) is 3.48. The molecule has 5 rings (SSSR count). The quantitative estimate of drug-likeness (QED) is 0.428. The molecule has 2 aliphatic carbocycles. The number of anilines is 1. The van der Waals surface area contributed by atoms with Crippen LogP contribution in [0.25, 0.3) is 0 Å². The molecule has 0 saturated heterocycles. The fourth-order valence-electron chi connectivity index (χ4n) is 5.47. The summed E-state index contributed by atoms with van der Waals surface area (Å²) in [5.74, 6) is 1.31. The first-order valence-electron chi connectivity index (χ1n) is 12.0. The van der Waals surface area contributed by atoms with Crippen molar-refractivity contribution in [2.24, 2.45) is 11.8 Å². The molecule has 0 aromatic heterocycles. The van der Waals surface area contributed by atoms with E-state index in [-0.39, 0.29) is 23.4 Å². The predicted molar refractivity (Wildman–Crippen MR) is 139 cm³/mol. The number of rotatable bonds is 7. The number of carbonyl (C=O) groups is 1. The third-order valence-electron chi connectivity index (χ3n) is 7.37. The molecule has 0 radical (unpaired) electrons. The summed E-state index contributed by atoms with van der Waals surface area (Å²) in [5, 5.41) is 3.68. The lowest BCUT2D eigenvalue weighted by Crippen LogP contribution is -2.38. The normalized spacial score (nSPS) is 21.1. The van der Waals surface area contributed by atoms with E-state index in [9.17, 15) is 13.2 Å². The summed E-state index contributed by atoms with van der Waals surface area (Å²) < 4.78 is 28.7. The highest BCUT2D eigenvalue weighted by atomic mass is 35.5. The Kier molecular flexibility index (Phi) is 6.60. The third kappa shape index (κ3) is 4.95. The average molecular weight is 509 g/mol. The van der Waals surface area contributed by atoms with Gasteiger partial charge in [-0.1, -0.05) is 54.4 Å². The fourth-order valence-corrected chi connectivity index (χ4v) is 7.17. The summed E-state index contributed by atoms with van der Waals surface area (Å²) in [5.41, 5.74) is 2.70. The molecule has 0 unspecified atom stereocenters. The first kappa shape index (κ1) is 23.9. The van der Waals surface area contributed by atoms with Gasteiger partial charge in [0.15, 0.2) is 0 Å². The first-order chi connectivity index (χ1) is 16.8. The van der Waals surface area contributed by atoms with Crippen molar-refractivity contribution < 1.29 is 13.2 Å². The minimum absolute atomic E-state index is 0.0615. The fraction of sp³-hybridized carbons (Fsp3) is 0.321. The summed E-state index contributed by atoms with van der Waals surface area (Å²) in [4.78, 5) is 13.0. The number of fused-ring (bicyclic) bond motifs is 2. The third-order valence-corrected chi connectivity index (χ3v) is 9.38. The topological polar surface area (TPSA) is 66.5 Å². The van der Waals surface area contributed by atoms with E-state index in [1.165, 1.54) is 23.6 Å². The molecule has 2 aliphatic rings. The van der Waals surface area contributed by atoms with E-state index in [0.717, 1.165) is 23.5 Å². The van der Waals surface area contributed by atoms with Gasteiger partial charge in [0.25, 0.3) is 15.9 Å². The molecule has 1 amide bonds. The molecule has 2 fully saturated rings. The number of hydrogen-bond donors (Lipinski definition) is 1. The van der Waals surface area contributed by atoms with Crippen molar-refractivity contribution in [1.29, 1.82) is 0 Å². The summed E-state index contributed by atoms with van der Waals surface area (Å²) in [6.07, 6.45) is 4.82. The Labute approximate surface area is 212 Å². The number of aryl methyl sites for hydroxylation is 1. The van der Waals surface area contributed by atoms with Crippen molar-refractivity contribution >= 4 is 33.2 Å². The number of amides is 1. The van der Waals surface area contributed by atoms with Crippen LogP contribution in [0.4, 0.5) is 5.69 Å². The van der Waals surface area contributed by atoms with Crippen LogP contribution in [0.3, 0.4) is 0 Å². The summed E-state index contributed by atoms with van der Waals surface area (Å²) in [7, 11) is -3.84. The van der Waals surface area contributed by atoms with Crippen molar-refractivity contribution in [2.75, 3.05) is 4.31 Å². The Morgan fingerprint density at radius 1 is 1.00 bits per heavy atom. The van der Waals surface area contributed by atoms with Crippen LogP contribution in [0.1, 0.15) is 47.2 Å². The van der Waals surface area contributed by atoms with Crippen molar-refractivity contribution in [3.63, 3.8) is 0 Å². The largest absolute Gasteiger partial charge is 0.349 e. The smallest absolute Gasteiger partial charge is 0.264 e. The highest BCUT2D eigenvalue weighted by Gasteiger charge is 2.40. The molecule has 2 saturated carbocycles. The Bertz CT molecular complexity index is 1330. The maximum atomic E-state index is 13.7. The number of carbonyl (C=O) groups excluding carboxylic acids is 1. The molecule has 0 heterocycles. The van der Waals surface area contributed by atoms with Crippen molar-refractivity contribution in [1.82, 2.24) is 5.32 Å². The number of halogens is 1. The maximum Gasteiger partial charge on any atom is 0.264 e.